The number of halogens is 2. The molecule has 2 nitrogen and oxygen atoms in total. The number of nitrogens with one attached hydrogen (secondary N) is 1. The summed E-state index contributed by atoms with van der Waals surface area (Å²) in [5.41, 5.74) is 2.56. The van der Waals surface area contributed by atoms with Crippen LogP contribution in [0.15, 0.2) is 42.5 Å². The maximum Gasteiger partial charge on any atom is 0.237 e. The van der Waals surface area contributed by atoms with Crippen molar-refractivity contribution in [1.82, 2.24) is 0 Å². The molecular weight excluding hydrogens is 328 g/mol. The Balaban J connectivity index is 1.96. The van der Waals surface area contributed by atoms with E-state index in [1.165, 1.54) is 23.9 Å². The highest BCUT2D eigenvalue weighted by molar-refractivity contribution is 7.99. The number of carbonyl (C=O) groups excluding carboxylic acids is 1. The lowest BCUT2D eigenvalue weighted by molar-refractivity contribution is -0.115. The molecule has 0 aliphatic heterocycles. The van der Waals surface area contributed by atoms with Crippen molar-refractivity contribution >= 4 is 23.4 Å². The summed E-state index contributed by atoms with van der Waals surface area (Å²) in [6.07, 6.45) is 0. The van der Waals surface area contributed by atoms with E-state index in [1.54, 1.807) is 6.92 Å². The molecular formula is C19H21F2NOS. The minimum Gasteiger partial charge on any atom is -0.325 e. The summed E-state index contributed by atoms with van der Waals surface area (Å²) in [7, 11) is 0. The van der Waals surface area contributed by atoms with E-state index in [2.05, 4.69) is 19.2 Å². The van der Waals surface area contributed by atoms with Crippen LogP contribution >= 0.6 is 11.8 Å². The van der Waals surface area contributed by atoms with Crippen LogP contribution in [0.3, 0.4) is 0 Å². The summed E-state index contributed by atoms with van der Waals surface area (Å²) in [6, 6.07) is 11.5. The van der Waals surface area contributed by atoms with Gasteiger partial charge in [0.25, 0.3) is 0 Å². The van der Waals surface area contributed by atoms with Gasteiger partial charge in [-0.05, 0) is 42.2 Å². The molecule has 5 heteroatoms. The van der Waals surface area contributed by atoms with Gasteiger partial charge in [-0.3, -0.25) is 4.79 Å². The Morgan fingerprint density at radius 3 is 2.46 bits per heavy atom. The van der Waals surface area contributed by atoms with Crippen LogP contribution in [0, 0.1) is 11.6 Å². The molecule has 24 heavy (non-hydrogen) atoms. The number of para-hydroxylation sites is 1. The van der Waals surface area contributed by atoms with Crippen molar-refractivity contribution in [2.75, 3.05) is 5.32 Å². The first-order valence-corrected chi connectivity index (χ1v) is 8.88. The van der Waals surface area contributed by atoms with Crippen LogP contribution in [0.25, 0.3) is 0 Å². The molecule has 1 unspecified atom stereocenters. The highest BCUT2D eigenvalue weighted by Gasteiger charge is 2.16. The predicted octanol–water partition coefficient (Wildman–Crippen LogP) is 5.35. The summed E-state index contributed by atoms with van der Waals surface area (Å²) >= 11 is 1.38. The zero-order valence-electron chi connectivity index (χ0n) is 14.0. The van der Waals surface area contributed by atoms with E-state index >= 15 is 0 Å². The van der Waals surface area contributed by atoms with Crippen molar-refractivity contribution < 1.29 is 13.6 Å². The maximum atomic E-state index is 13.2. The maximum absolute atomic E-state index is 13.2. The van der Waals surface area contributed by atoms with E-state index in [0.717, 1.165) is 17.3 Å². The Morgan fingerprint density at radius 2 is 1.79 bits per heavy atom. The lowest BCUT2D eigenvalue weighted by atomic mass is 10.0. The third kappa shape index (κ3) is 4.81. The third-order valence-corrected chi connectivity index (χ3v) is 4.91. The lowest BCUT2D eigenvalue weighted by Gasteiger charge is -2.16. The number of benzene rings is 2. The first-order chi connectivity index (χ1) is 11.4. The second-order valence-corrected chi connectivity index (χ2v) is 7.26. The molecule has 0 bridgehead atoms. The predicted molar refractivity (Wildman–Crippen MR) is 96.3 cm³/mol. The van der Waals surface area contributed by atoms with Crippen LogP contribution in [-0.2, 0) is 10.5 Å². The van der Waals surface area contributed by atoms with E-state index in [9.17, 15) is 13.6 Å². The third-order valence-electron chi connectivity index (χ3n) is 3.69. The van der Waals surface area contributed by atoms with Crippen LogP contribution in [0.4, 0.5) is 14.5 Å². The monoisotopic (exact) mass is 349 g/mol. The number of carbonyl (C=O) groups is 1. The molecule has 2 rings (SSSR count). The second kappa shape index (κ2) is 8.29. The van der Waals surface area contributed by atoms with E-state index in [1.807, 2.05) is 24.3 Å². The molecule has 0 fully saturated rings. The van der Waals surface area contributed by atoms with E-state index in [4.69, 9.17) is 0 Å². The van der Waals surface area contributed by atoms with Crippen LogP contribution < -0.4 is 5.32 Å². The van der Waals surface area contributed by atoms with Gasteiger partial charge in [-0.15, -0.1) is 11.8 Å². The van der Waals surface area contributed by atoms with Crippen molar-refractivity contribution in [1.29, 1.82) is 0 Å². The van der Waals surface area contributed by atoms with Gasteiger partial charge in [0.15, 0.2) is 11.6 Å². The topological polar surface area (TPSA) is 29.1 Å². The Labute approximate surface area is 145 Å². The average Bonchev–Trinajstić information content (AvgIpc) is 2.55. The average molecular weight is 349 g/mol. The number of amides is 1. The molecule has 0 heterocycles. The molecule has 0 saturated heterocycles. The Kier molecular flexibility index (Phi) is 6.37. The fraction of sp³-hybridized carbons (Fsp3) is 0.316. The number of thioether (sulfide) groups is 1. The minimum atomic E-state index is -0.865. The van der Waals surface area contributed by atoms with Gasteiger partial charge in [-0.25, -0.2) is 8.78 Å². The lowest BCUT2D eigenvalue weighted by Crippen LogP contribution is -2.23. The van der Waals surface area contributed by atoms with Crippen molar-refractivity contribution in [3.8, 4) is 0 Å². The zero-order chi connectivity index (χ0) is 17.7. The zero-order valence-corrected chi connectivity index (χ0v) is 14.8. The number of rotatable bonds is 6. The van der Waals surface area contributed by atoms with Gasteiger partial charge >= 0.3 is 0 Å². The van der Waals surface area contributed by atoms with E-state index in [0.29, 0.717) is 17.2 Å². The van der Waals surface area contributed by atoms with Crippen molar-refractivity contribution in [2.45, 2.75) is 37.7 Å². The Morgan fingerprint density at radius 1 is 1.08 bits per heavy atom. The molecule has 1 N–H and O–H groups in total. The second-order valence-electron chi connectivity index (χ2n) is 5.93. The summed E-state index contributed by atoms with van der Waals surface area (Å²) in [5.74, 6) is -1.07. The highest BCUT2D eigenvalue weighted by atomic mass is 32.2. The van der Waals surface area contributed by atoms with Gasteiger partial charge in [0.2, 0.25) is 5.91 Å². The van der Waals surface area contributed by atoms with Gasteiger partial charge in [0, 0.05) is 11.4 Å². The summed E-state index contributed by atoms with van der Waals surface area (Å²) in [5, 5.41) is 2.65. The molecule has 0 saturated carbocycles. The molecule has 2 aromatic rings. The molecule has 0 aromatic heterocycles. The summed E-state index contributed by atoms with van der Waals surface area (Å²) in [4.78, 5) is 12.4. The first-order valence-electron chi connectivity index (χ1n) is 7.83. The number of hydrogen-bond donors (Lipinski definition) is 1. The number of hydrogen-bond acceptors (Lipinski definition) is 2. The molecule has 1 atom stereocenters. The standard InChI is InChI=1S/C19H21F2NOS/c1-12(2)15-6-4-5-7-18(15)22-19(23)13(3)24-11-14-8-9-16(20)17(21)10-14/h4-10,12-13H,11H2,1-3H3,(H,22,23). The van der Waals surface area contributed by atoms with Gasteiger partial charge < -0.3 is 5.32 Å². The first kappa shape index (κ1) is 18.5. The minimum absolute atomic E-state index is 0.101. The smallest absolute Gasteiger partial charge is 0.237 e. The molecule has 0 aliphatic rings. The van der Waals surface area contributed by atoms with Crippen LogP contribution in [0.2, 0.25) is 0 Å². The normalized spacial score (nSPS) is 12.2. The SMILES string of the molecule is CC(SCc1ccc(F)c(F)c1)C(=O)Nc1ccccc1C(C)C. The molecule has 128 valence electrons. The number of anilines is 1. The van der Waals surface area contributed by atoms with Gasteiger partial charge in [0.05, 0.1) is 5.25 Å². The van der Waals surface area contributed by atoms with E-state index < -0.39 is 11.6 Å². The van der Waals surface area contributed by atoms with Crippen LogP contribution in [0.1, 0.15) is 37.8 Å². The highest BCUT2D eigenvalue weighted by Crippen LogP contribution is 2.25. The molecule has 1 amide bonds. The van der Waals surface area contributed by atoms with E-state index in [-0.39, 0.29) is 11.2 Å². The fourth-order valence-electron chi connectivity index (χ4n) is 2.27. The Bertz CT molecular complexity index is 718. The van der Waals surface area contributed by atoms with Gasteiger partial charge in [-0.2, -0.15) is 0 Å². The quantitative estimate of drug-likeness (QED) is 0.762. The van der Waals surface area contributed by atoms with Gasteiger partial charge in [0.1, 0.15) is 0 Å². The van der Waals surface area contributed by atoms with Crippen LogP contribution in [-0.4, -0.2) is 11.2 Å². The van der Waals surface area contributed by atoms with Crippen molar-refractivity contribution in [2.24, 2.45) is 0 Å². The summed E-state index contributed by atoms with van der Waals surface area (Å²) in [6.45, 7) is 5.95. The van der Waals surface area contributed by atoms with Crippen molar-refractivity contribution in [3.63, 3.8) is 0 Å². The molecule has 0 spiro atoms. The van der Waals surface area contributed by atoms with Crippen molar-refractivity contribution in [3.05, 3.63) is 65.2 Å². The molecule has 0 aliphatic carbocycles. The largest absolute Gasteiger partial charge is 0.325 e. The van der Waals surface area contributed by atoms with Crippen LogP contribution in [0.5, 0.6) is 0 Å². The fourth-order valence-corrected chi connectivity index (χ4v) is 3.11. The molecule has 2 aromatic carbocycles. The molecule has 0 radical (unpaired) electrons. The summed E-state index contributed by atoms with van der Waals surface area (Å²) < 4.78 is 26.1. The Hall–Kier alpha value is -1.88. The van der Waals surface area contributed by atoms with Gasteiger partial charge in [-0.1, -0.05) is 38.1 Å².